The highest BCUT2D eigenvalue weighted by atomic mass is 35.5. The Morgan fingerprint density at radius 3 is 2.64 bits per heavy atom. The summed E-state index contributed by atoms with van der Waals surface area (Å²) in [4.78, 5) is 5.04. The van der Waals surface area contributed by atoms with Crippen LogP contribution in [0.15, 0.2) is 48.5 Å². The number of rotatable bonds is 4. The van der Waals surface area contributed by atoms with Crippen LogP contribution in [0, 0.1) is 0 Å². The van der Waals surface area contributed by atoms with Gasteiger partial charge in [-0.2, -0.15) is 0 Å². The van der Waals surface area contributed by atoms with Gasteiger partial charge in [0.25, 0.3) is 0 Å². The van der Waals surface area contributed by atoms with Gasteiger partial charge in [0.2, 0.25) is 0 Å². The third kappa shape index (κ3) is 3.41. The molecule has 0 amide bonds. The van der Waals surface area contributed by atoms with Crippen LogP contribution in [-0.4, -0.2) is 48.7 Å². The molecule has 0 radical (unpaired) electrons. The number of hydrogen-bond acceptors (Lipinski definition) is 3. The Labute approximate surface area is 171 Å². The van der Waals surface area contributed by atoms with Gasteiger partial charge in [-0.15, -0.1) is 0 Å². The first-order chi connectivity index (χ1) is 13.8. The maximum Gasteiger partial charge on any atom is 0.0486 e. The summed E-state index contributed by atoms with van der Waals surface area (Å²) in [5, 5.41) is 5.82. The second kappa shape index (κ2) is 7.78. The molecule has 2 aliphatic heterocycles. The minimum atomic E-state index is 0.817. The lowest BCUT2D eigenvalue weighted by Crippen LogP contribution is -2.47. The van der Waals surface area contributed by atoms with Gasteiger partial charge in [0.15, 0.2) is 0 Å². The van der Waals surface area contributed by atoms with Crippen LogP contribution >= 0.6 is 11.6 Å². The molecule has 0 atom stereocenters. The highest BCUT2D eigenvalue weighted by Crippen LogP contribution is 2.28. The van der Waals surface area contributed by atoms with Crippen molar-refractivity contribution in [2.45, 2.75) is 19.5 Å². The highest BCUT2D eigenvalue weighted by molar-refractivity contribution is 6.30. The summed E-state index contributed by atoms with van der Waals surface area (Å²) in [6, 6.07) is 17.1. The summed E-state index contributed by atoms with van der Waals surface area (Å²) < 4.78 is 2.56. The van der Waals surface area contributed by atoms with Crippen molar-refractivity contribution in [2.75, 3.05) is 44.2 Å². The summed E-state index contributed by atoms with van der Waals surface area (Å²) in [5.41, 5.74) is 5.68. The summed E-state index contributed by atoms with van der Waals surface area (Å²) in [7, 11) is 0. The highest BCUT2D eigenvalue weighted by Gasteiger charge is 2.21. The van der Waals surface area contributed by atoms with E-state index in [1.165, 1.54) is 22.3 Å². The van der Waals surface area contributed by atoms with Gasteiger partial charge >= 0.3 is 0 Å². The lowest BCUT2D eigenvalue weighted by Gasteiger charge is -2.36. The zero-order valence-corrected chi connectivity index (χ0v) is 17.0. The average molecular weight is 395 g/mol. The number of halogens is 1. The maximum absolute atomic E-state index is 6.16. The lowest BCUT2D eigenvalue weighted by atomic mass is 10.1. The first kappa shape index (κ1) is 18.0. The van der Waals surface area contributed by atoms with Crippen LogP contribution < -0.4 is 10.2 Å². The summed E-state index contributed by atoms with van der Waals surface area (Å²) >= 11 is 6.16. The molecule has 0 spiro atoms. The third-order valence-corrected chi connectivity index (χ3v) is 6.46. The number of aromatic nitrogens is 1. The van der Waals surface area contributed by atoms with Crippen LogP contribution in [0.4, 0.5) is 5.69 Å². The lowest BCUT2D eigenvalue weighted by molar-refractivity contribution is 0.248. The van der Waals surface area contributed by atoms with Gasteiger partial charge in [0.1, 0.15) is 0 Å². The Kier molecular flexibility index (Phi) is 5.02. The Bertz CT molecular complexity index is 972. The van der Waals surface area contributed by atoms with E-state index >= 15 is 0 Å². The first-order valence-electron chi connectivity index (χ1n) is 10.3. The first-order valence-corrected chi connectivity index (χ1v) is 10.7. The van der Waals surface area contributed by atoms with Gasteiger partial charge in [0.05, 0.1) is 0 Å². The molecule has 1 fully saturated rings. The van der Waals surface area contributed by atoms with Crippen molar-refractivity contribution >= 4 is 28.2 Å². The SMILES string of the molecule is Clc1cccc(N2CCN(CCn3c4c(c5ccccc53)CCNC4)CC2)c1. The largest absolute Gasteiger partial charge is 0.369 e. The molecule has 2 aromatic carbocycles. The second-order valence-electron chi connectivity index (χ2n) is 7.83. The summed E-state index contributed by atoms with van der Waals surface area (Å²) in [6.07, 6.45) is 1.14. The van der Waals surface area contributed by atoms with E-state index in [0.717, 1.165) is 63.8 Å². The fraction of sp³-hybridized carbons (Fsp3) is 0.391. The van der Waals surface area contributed by atoms with E-state index in [2.05, 4.69) is 56.1 Å². The molecule has 0 saturated carbocycles. The predicted octanol–water partition coefficient (Wildman–Crippen LogP) is 3.76. The monoisotopic (exact) mass is 394 g/mol. The van der Waals surface area contributed by atoms with Crippen LogP contribution in [0.5, 0.6) is 0 Å². The quantitative estimate of drug-likeness (QED) is 0.728. The molecule has 1 aromatic heterocycles. The molecule has 0 aliphatic carbocycles. The van der Waals surface area contributed by atoms with Gasteiger partial charge in [0, 0.05) is 73.1 Å². The fourth-order valence-electron chi connectivity index (χ4n) is 4.73. The molecule has 3 aromatic rings. The molecule has 4 nitrogen and oxygen atoms in total. The van der Waals surface area contributed by atoms with Crippen LogP contribution in [0.25, 0.3) is 10.9 Å². The molecule has 2 aliphatic rings. The summed E-state index contributed by atoms with van der Waals surface area (Å²) in [5.74, 6) is 0. The minimum absolute atomic E-state index is 0.817. The van der Waals surface area contributed by atoms with E-state index in [1.54, 1.807) is 5.56 Å². The standard InChI is InChI=1S/C23H27ClN4/c24-18-4-3-5-19(16-18)27-13-10-26(11-14-27)12-15-28-22-7-2-1-6-20(22)21-8-9-25-17-23(21)28/h1-7,16,25H,8-15,17H2. The fourth-order valence-corrected chi connectivity index (χ4v) is 4.91. The number of benzene rings is 2. The smallest absolute Gasteiger partial charge is 0.0486 e. The molecule has 3 heterocycles. The van der Waals surface area contributed by atoms with Gasteiger partial charge in [-0.05, 0) is 42.8 Å². The van der Waals surface area contributed by atoms with Crippen LogP contribution in [-0.2, 0) is 19.5 Å². The van der Waals surface area contributed by atoms with Crippen molar-refractivity contribution < 1.29 is 0 Å². The number of nitrogens with zero attached hydrogens (tertiary/aromatic N) is 3. The number of nitrogens with one attached hydrogen (secondary N) is 1. The molecular formula is C23H27ClN4. The molecule has 1 saturated heterocycles. The topological polar surface area (TPSA) is 23.4 Å². The van der Waals surface area contributed by atoms with Crippen molar-refractivity contribution in [2.24, 2.45) is 0 Å². The maximum atomic E-state index is 6.16. The number of piperazine rings is 1. The summed E-state index contributed by atoms with van der Waals surface area (Å²) in [6.45, 7) is 8.58. The zero-order chi connectivity index (χ0) is 18.9. The van der Waals surface area contributed by atoms with Crippen LogP contribution in [0.2, 0.25) is 5.02 Å². The van der Waals surface area contributed by atoms with Gasteiger partial charge in [-0.1, -0.05) is 35.9 Å². The van der Waals surface area contributed by atoms with Gasteiger partial charge in [-0.25, -0.2) is 0 Å². The van der Waals surface area contributed by atoms with Crippen molar-refractivity contribution in [3.63, 3.8) is 0 Å². The molecule has 28 heavy (non-hydrogen) atoms. The number of para-hydroxylation sites is 1. The molecule has 1 N–H and O–H groups in total. The van der Waals surface area contributed by atoms with E-state index < -0.39 is 0 Å². The Morgan fingerprint density at radius 2 is 1.79 bits per heavy atom. The average Bonchev–Trinajstić information content (AvgIpc) is 3.07. The Morgan fingerprint density at radius 1 is 0.929 bits per heavy atom. The van der Waals surface area contributed by atoms with Gasteiger partial charge < -0.3 is 14.8 Å². The Hall–Kier alpha value is -2.01. The third-order valence-electron chi connectivity index (χ3n) is 6.22. The van der Waals surface area contributed by atoms with Crippen molar-refractivity contribution in [3.05, 3.63) is 64.8 Å². The molecular weight excluding hydrogens is 368 g/mol. The van der Waals surface area contributed by atoms with E-state index in [4.69, 9.17) is 11.6 Å². The predicted molar refractivity (Wildman–Crippen MR) is 117 cm³/mol. The molecule has 0 bridgehead atoms. The van der Waals surface area contributed by atoms with Crippen molar-refractivity contribution in [1.82, 2.24) is 14.8 Å². The number of anilines is 1. The zero-order valence-electron chi connectivity index (χ0n) is 16.2. The number of hydrogen-bond donors (Lipinski definition) is 1. The van der Waals surface area contributed by atoms with Gasteiger partial charge in [-0.3, -0.25) is 4.90 Å². The van der Waals surface area contributed by atoms with Crippen LogP contribution in [0.3, 0.4) is 0 Å². The van der Waals surface area contributed by atoms with E-state index in [-0.39, 0.29) is 0 Å². The van der Waals surface area contributed by atoms with Crippen LogP contribution in [0.1, 0.15) is 11.3 Å². The molecule has 5 heteroatoms. The molecule has 5 rings (SSSR count). The Balaban J connectivity index is 1.27. The van der Waals surface area contributed by atoms with Crippen molar-refractivity contribution in [1.29, 1.82) is 0 Å². The molecule has 0 unspecified atom stereocenters. The second-order valence-corrected chi connectivity index (χ2v) is 8.27. The van der Waals surface area contributed by atoms with E-state index in [0.29, 0.717) is 0 Å². The van der Waals surface area contributed by atoms with E-state index in [1.807, 2.05) is 12.1 Å². The minimum Gasteiger partial charge on any atom is -0.369 e. The normalized spacial score (nSPS) is 17.8. The van der Waals surface area contributed by atoms with E-state index in [9.17, 15) is 0 Å². The van der Waals surface area contributed by atoms with Crippen molar-refractivity contribution in [3.8, 4) is 0 Å². The number of fused-ring (bicyclic) bond motifs is 3. The molecule has 146 valence electrons.